The molecule has 2 atom stereocenters. The van der Waals surface area contributed by atoms with Crippen molar-refractivity contribution >= 4 is 57.4 Å². The molecule has 0 aliphatic heterocycles. The van der Waals surface area contributed by atoms with Gasteiger partial charge in [-0.25, -0.2) is 0 Å². The Kier molecular flexibility index (Phi) is 19.4. The van der Waals surface area contributed by atoms with Gasteiger partial charge < -0.3 is 0 Å². The molecule has 0 fully saturated rings. The average molecular weight is 553 g/mol. The second-order valence-corrected chi connectivity index (χ2v) is 13.0. The quantitative estimate of drug-likeness (QED) is 0.147. The van der Waals surface area contributed by atoms with E-state index in [-0.39, 0.29) is 22.4 Å². The molecule has 0 rings (SSSR count). The van der Waals surface area contributed by atoms with E-state index in [2.05, 4.69) is 27.7 Å². The first-order chi connectivity index (χ1) is 13.7. The number of carbonyl (C=O) groups is 2. The molecule has 0 aromatic heterocycles. The van der Waals surface area contributed by atoms with Crippen molar-refractivity contribution in [3.8, 4) is 0 Å². The van der Waals surface area contributed by atoms with Crippen LogP contribution in [0.5, 0.6) is 0 Å². The van der Waals surface area contributed by atoms with Crippen molar-refractivity contribution in [3.05, 3.63) is 0 Å². The molecule has 4 nitrogen and oxygen atoms in total. The zero-order chi connectivity index (χ0) is 22.1. The Labute approximate surface area is 199 Å². The third-order valence-electron chi connectivity index (χ3n) is 4.54. The Balaban J connectivity index is 3.70. The number of hydrogen-bond donors (Lipinski definition) is 0. The fourth-order valence-electron chi connectivity index (χ4n) is 2.59. The third kappa shape index (κ3) is 18.9. The van der Waals surface area contributed by atoms with Gasteiger partial charge >= 0.3 is 200 Å². The monoisotopic (exact) mass is 554 g/mol. The van der Waals surface area contributed by atoms with Gasteiger partial charge in [0.25, 0.3) is 0 Å². The first-order valence-electron chi connectivity index (χ1n) is 11.1. The molecule has 0 aromatic carbocycles. The first-order valence-corrected chi connectivity index (χ1v) is 15.6. The Bertz CT molecular complexity index is 395. The molecule has 0 spiro atoms. The molecule has 0 heterocycles. The van der Waals surface area contributed by atoms with E-state index in [1.54, 1.807) is 23.5 Å². The maximum atomic E-state index is 12.0. The molecule has 0 N–H and O–H groups in total. The van der Waals surface area contributed by atoms with Gasteiger partial charge in [-0.3, -0.25) is 0 Å². The van der Waals surface area contributed by atoms with Crippen LogP contribution in [-0.4, -0.2) is 55.9 Å². The number of rotatable bonds is 18. The number of hydrogen-bond acceptors (Lipinski definition) is 6. The molecule has 0 amide bonds. The molecule has 0 bridgehead atoms. The average Bonchev–Trinajstić information content (AvgIpc) is 2.66. The molecule has 170 valence electrons. The van der Waals surface area contributed by atoms with Crippen LogP contribution in [0.2, 0.25) is 0 Å². The van der Waals surface area contributed by atoms with Crippen molar-refractivity contribution in [1.82, 2.24) is 0 Å². The fourth-order valence-corrected chi connectivity index (χ4v) is 6.49. The molecular weight excluding hydrogens is 511 g/mol. The summed E-state index contributed by atoms with van der Waals surface area (Å²) < 4.78 is 10.5. The van der Waals surface area contributed by atoms with Crippen LogP contribution in [0.15, 0.2) is 0 Å². The van der Waals surface area contributed by atoms with Crippen LogP contribution in [0.25, 0.3) is 0 Å². The number of thioether (sulfide) groups is 2. The van der Waals surface area contributed by atoms with Crippen LogP contribution in [-0.2, 0) is 15.7 Å². The van der Waals surface area contributed by atoms with E-state index >= 15 is 0 Å². The molecule has 0 saturated heterocycles. The summed E-state index contributed by atoms with van der Waals surface area (Å²) in [6.45, 7) is 12.7. The summed E-state index contributed by atoms with van der Waals surface area (Å²) >= 11 is 1.39. The second-order valence-electron chi connectivity index (χ2n) is 8.44. The SMILES string of the molecule is CC(C)CCCCCSC(C)C(=O)[O][Sn][O]C(=O)C(C)SCCCCCC(C)C. The molecule has 7 heteroatoms. The van der Waals surface area contributed by atoms with Crippen molar-refractivity contribution in [3.63, 3.8) is 0 Å². The van der Waals surface area contributed by atoms with E-state index in [4.69, 9.17) is 6.15 Å². The normalized spacial score (nSPS) is 13.5. The summed E-state index contributed by atoms with van der Waals surface area (Å²) in [4.78, 5) is 24.1. The molecule has 29 heavy (non-hydrogen) atoms. The Morgan fingerprint density at radius 2 is 1.03 bits per heavy atom. The van der Waals surface area contributed by atoms with Gasteiger partial charge in [-0.1, -0.05) is 0 Å². The van der Waals surface area contributed by atoms with Crippen molar-refractivity contribution < 1.29 is 15.7 Å². The minimum absolute atomic E-state index is 0.183. The van der Waals surface area contributed by atoms with E-state index in [0.29, 0.717) is 0 Å². The molecule has 0 saturated carbocycles. The summed E-state index contributed by atoms with van der Waals surface area (Å²) in [6, 6.07) is 0. The van der Waals surface area contributed by atoms with Crippen molar-refractivity contribution in [2.24, 2.45) is 11.8 Å². The van der Waals surface area contributed by atoms with Gasteiger partial charge in [0, 0.05) is 0 Å². The summed E-state index contributed by atoms with van der Waals surface area (Å²) in [5.41, 5.74) is 0. The zero-order valence-electron chi connectivity index (χ0n) is 19.3. The third-order valence-corrected chi connectivity index (χ3v) is 8.59. The number of carbonyl (C=O) groups excluding carboxylic acids is 2. The van der Waals surface area contributed by atoms with E-state index in [1.807, 2.05) is 13.8 Å². The topological polar surface area (TPSA) is 52.6 Å². The van der Waals surface area contributed by atoms with Crippen LogP contribution in [0.1, 0.15) is 92.9 Å². The van der Waals surface area contributed by atoms with E-state index in [1.165, 1.54) is 38.5 Å². The Morgan fingerprint density at radius 3 is 1.38 bits per heavy atom. The molecule has 0 aliphatic carbocycles. The van der Waals surface area contributed by atoms with Gasteiger partial charge in [0.15, 0.2) is 0 Å². The van der Waals surface area contributed by atoms with Gasteiger partial charge in [-0.15, -0.1) is 0 Å². The minimum atomic E-state index is -1.88. The Hall–Kier alpha value is 0.439. The van der Waals surface area contributed by atoms with Crippen LogP contribution < -0.4 is 0 Å². The second kappa shape index (κ2) is 19.1. The summed E-state index contributed by atoms with van der Waals surface area (Å²) in [5.74, 6) is 3.01. The van der Waals surface area contributed by atoms with Crippen molar-refractivity contribution in [2.75, 3.05) is 11.5 Å². The molecular formula is C22H42O4S2Sn. The summed E-state index contributed by atoms with van der Waals surface area (Å²) in [7, 11) is 0. The fraction of sp³-hybridized carbons (Fsp3) is 0.909. The van der Waals surface area contributed by atoms with Gasteiger partial charge in [-0.2, -0.15) is 0 Å². The predicted molar refractivity (Wildman–Crippen MR) is 128 cm³/mol. The predicted octanol–water partition coefficient (Wildman–Crippen LogP) is 6.28. The molecule has 0 aromatic rings. The van der Waals surface area contributed by atoms with Gasteiger partial charge in [0.05, 0.1) is 0 Å². The van der Waals surface area contributed by atoms with E-state index in [0.717, 1.165) is 36.2 Å². The van der Waals surface area contributed by atoms with E-state index < -0.39 is 22.0 Å². The van der Waals surface area contributed by atoms with Gasteiger partial charge in [-0.05, 0) is 0 Å². The van der Waals surface area contributed by atoms with Crippen LogP contribution in [0.4, 0.5) is 0 Å². The van der Waals surface area contributed by atoms with Crippen LogP contribution in [0, 0.1) is 11.8 Å². The van der Waals surface area contributed by atoms with Gasteiger partial charge in [0.2, 0.25) is 0 Å². The molecule has 2 unspecified atom stereocenters. The van der Waals surface area contributed by atoms with Crippen LogP contribution in [0.3, 0.4) is 0 Å². The van der Waals surface area contributed by atoms with Crippen LogP contribution >= 0.6 is 23.5 Å². The molecule has 2 radical (unpaired) electrons. The van der Waals surface area contributed by atoms with Crippen molar-refractivity contribution in [1.29, 1.82) is 0 Å². The zero-order valence-corrected chi connectivity index (χ0v) is 23.8. The maximum absolute atomic E-state index is 12.0. The van der Waals surface area contributed by atoms with E-state index in [9.17, 15) is 9.59 Å². The first kappa shape index (κ1) is 29.4. The van der Waals surface area contributed by atoms with Gasteiger partial charge in [0.1, 0.15) is 0 Å². The standard InChI is InChI=1S/2C11H22O2S.Sn/c2*1-9(2)7-5-4-6-8-14-10(3)11(12)13;/h2*9-10H,4-8H2,1-3H3,(H,12,13);/q;;+2/p-2. The summed E-state index contributed by atoms with van der Waals surface area (Å²) in [6.07, 6.45) is 9.77. The number of unbranched alkanes of at least 4 members (excludes halogenated alkanes) is 4. The summed E-state index contributed by atoms with van der Waals surface area (Å²) in [5, 5.41) is -0.366. The molecule has 0 aliphatic rings. The van der Waals surface area contributed by atoms with Crippen molar-refractivity contribution in [2.45, 2.75) is 103 Å². The Morgan fingerprint density at radius 1 is 0.655 bits per heavy atom.